The van der Waals surface area contributed by atoms with Crippen molar-refractivity contribution in [3.05, 3.63) is 46.7 Å². The molecule has 134 valence electrons. The number of ether oxygens (including phenoxy) is 1. The number of nitrogens with one attached hydrogen (secondary N) is 1. The Labute approximate surface area is 152 Å². The first-order chi connectivity index (χ1) is 12.0. The Morgan fingerprint density at radius 2 is 2.12 bits per heavy atom. The van der Waals surface area contributed by atoms with E-state index in [-0.39, 0.29) is 18.7 Å². The van der Waals surface area contributed by atoms with Gasteiger partial charge < -0.3 is 15.0 Å². The molecule has 0 radical (unpaired) electrons. The van der Waals surface area contributed by atoms with Crippen LogP contribution in [0, 0.1) is 6.92 Å². The molecule has 0 aliphatic carbocycles. The lowest BCUT2D eigenvalue weighted by atomic mass is 10.1. The van der Waals surface area contributed by atoms with Crippen molar-refractivity contribution in [2.75, 3.05) is 20.1 Å². The van der Waals surface area contributed by atoms with Gasteiger partial charge in [-0.1, -0.05) is 11.6 Å². The summed E-state index contributed by atoms with van der Waals surface area (Å²) in [4.78, 5) is 14.6. The Balaban J connectivity index is 1.54. The van der Waals surface area contributed by atoms with Crippen molar-refractivity contribution in [3.63, 3.8) is 0 Å². The topological polar surface area (TPSA) is 59.4 Å². The second-order valence-electron chi connectivity index (χ2n) is 6.47. The number of carbonyl (C=O) groups is 1. The van der Waals surface area contributed by atoms with Crippen LogP contribution in [0.3, 0.4) is 0 Å². The summed E-state index contributed by atoms with van der Waals surface area (Å²) >= 11 is 5.94. The molecular weight excluding hydrogens is 340 g/mol. The van der Waals surface area contributed by atoms with E-state index in [0.29, 0.717) is 10.7 Å². The molecule has 1 fully saturated rings. The minimum absolute atomic E-state index is 0.129. The van der Waals surface area contributed by atoms with Crippen LogP contribution < -0.4 is 10.1 Å². The molecule has 0 unspecified atom stereocenters. The lowest BCUT2D eigenvalue weighted by molar-refractivity contribution is 0.0909. The van der Waals surface area contributed by atoms with Gasteiger partial charge in [0.05, 0.1) is 0 Å². The summed E-state index contributed by atoms with van der Waals surface area (Å²) in [5, 5.41) is 8.03. The van der Waals surface area contributed by atoms with E-state index in [1.54, 1.807) is 23.0 Å². The first-order valence-electron chi connectivity index (χ1n) is 8.43. The molecule has 1 aromatic carbocycles. The van der Waals surface area contributed by atoms with E-state index >= 15 is 0 Å². The van der Waals surface area contributed by atoms with E-state index in [1.165, 1.54) is 0 Å². The Hall–Kier alpha value is -2.05. The second kappa shape index (κ2) is 7.89. The number of amides is 1. The van der Waals surface area contributed by atoms with Crippen molar-refractivity contribution in [1.29, 1.82) is 0 Å². The van der Waals surface area contributed by atoms with Crippen LogP contribution in [0.2, 0.25) is 5.02 Å². The van der Waals surface area contributed by atoms with Crippen LogP contribution in [0.25, 0.3) is 0 Å². The van der Waals surface area contributed by atoms with Gasteiger partial charge in [0.25, 0.3) is 5.91 Å². The number of nitrogens with zero attached hydrogens (tertiary/aromatic N) is 3. The van der Waals surface area contributed by atoms with Crippen molar-refractivity contribution in [1.82, 2.24) is 20.0 Å². The number of hydrogen-bond donors (Lipinski definition) is 1. The molecular formula is C18H23ClN4O2. The van der Waals surface area contributed by atoms with E-state index in [0.717, 1.165) is 37.2 Å². The highest BCUT2D eigenvalue weighted by Crippen LogP contribution is 2.22. The lowest BCUT2D eigenvalue weighted by Gasteiger charge is -2.29. The molecule has 1 N–H and O–H groups in total. The summed E-state index contributed by atoms with van der Waals surface area (Å²) in [5.74, 6) is 0.619. The third-order valence-corrected chi connectivity index (χ3v) is 4.65. The van der Waals surface area contributed by atoms with E-state index in [9.17, 15) is 4.79 Å². The molecule has 1 saturated heterocycles. The molecule has 1 amide bonds. The Morgan fingerprint density at radius 1 is 1.36 bits per heavy atom. The standard InChI is InChI=1S/C18H23ClN4O2/c1-13-11-14(19)3-4-17(13)25-12-23-10-7-16(21-23)18(24)20-15-5-8-22(2)9-6-15/h3-4,7,10-11,15H,5-6,8-9,12H2,1-2H3,(H,20,24). The number of aromatic nitrogens is 2. The molecule has 0 spiro atoms. The Bertz CT molecular complexity index is 738. The van der Waals surface area contributed by atoms with Crippen molar-refractivity contribution in [2.45, 2.75) is 32.5 Å². The normalized spacial score (nSPS) is 16.0. The molecule has 0 atom stereocenters. The first-order valence-corrected chi connectivity index (χ1v) is 8.81. The Morgan fingerprint density at radius 3 is 2.84 bits per heavy atom. The maximum absolute atomic E-state index is 12.3. The van der Waals surface area contributed by atoms with Gasteiger partial charge in [-0.2, -0.15) is 5.10 Å². The fourth-order valence-corrected chi connectivity index (χ4v) is 3.10. The fraction of sp³-hybridized carbons (Fsp3) is 0.444. The summed E-state index contributed by atoms with van der Waals surface area (Å²) in [6, 6.07) is 7.40. The summed E-state index contributed by atoms with van der Waals surface area (Å²) in [6.07, 6.45) is 3.69. The molecule has 1 aliphatic heterocycles. The van der Waals surface area contributed by atoms with Crippen LogP contribution in [0.4, 0.5) is 0 Å². The molecule has 2 heterocycles. The van der Waals surface area contributed by atoms with Crippen molar-refractivity contribution < 1.29 is 9.53 Å². The highest BCUT2D eigenvalue weighted by molar-refractivity contribution is 6.30. The quantitative estimate of drug-likeness (QED) is 0.888. The highest BCUT2D eigenvalue weighted by Gasteiger charge is 2.20. The fourth-order valence-electron chi connectivity index (χ4n) is 2.88. The summed E-state index contributed by atoms with van der Waals surface area (Å²) in [6.45, 7) is 4.19. The summed E-state index contributed by atoms with van der Waals surface area (Å²) < 4.78 is 7.35. The monoisotopic (exact) mass is 362 g/mol. The van der Waals surface area contributed by atoms with Gasteiger partial charge in [0, 0.05) is 17.3 Å². The molecule has 2 aromatic rings. The number of benzene rings is 1. The largest absolute Gasteiger partial charge is 0.471 e. The number of piperidine rings is 1. The van der Waals surface area contributed by atoms with E-state index in [2.05, 4.69) is 22.4 Å². The van der Waals surface area contributed by atoms with Gasteiger partial charge in [-0.3, -0.25) is 4.79 Å². The van der Waals surface area contributed by atoms with Crippen molar-refractivity contribution in [3.8, 4) is 5.75 Å². The molecule has 0 saturated carbocycles. The molecule has 0 bridgehead atoms. The van der Waals surface area contributed by atoms with E-state index in [4.69, 9.17) is 16.3 Å². The zero-order valence-corrected chi connectivity index (χ0v) is 15.3. The summed E-state index contributed by atoms with van der Waals surface area (Å²) in [7, 11) is 2.10. The number of halogens is 1. The second-order valence-corrected chi connectivity index (χ2v) is 6.91. The van der Waals surface area contributed by atoms with E-state index in [1.807, 2.05) is 19.1 Å². The predicted molar refractivity (Wildman–Crippen MR) is 97.0 cm³/mol. The van der Waals surface area contributed by atoms with Gasteiger partial charge in [0.2, 0.25) is 0 Å². The van der Waals surface area contributed by atoms with Crippen LogP contribution in [0.15, 0.2) is 30.5 Å². The molecule has 1 aliphatic rings. The van der Waals surface area contributed by atoms with Gasteiger partial charge in [-0.25, -0.2) is 4.68 Å². The third-order valence-electron chi connectivity index (χ3n) is 4.42. The van der Waals surface area contributed by atoms with Gasteiger partial charge in [-0.05, 0) is 69.7 Å². The number of carbonyl (C=O) groups excluding carboxylic acids is 1. The maximum Gasteiger partial charge on any atom is 0.271 e. The van der Waals surface area contributed by atoms with Crippen LogP contribution in [-0.4, -0.2) is 46.8 Å². The SMILES string of the molecule is Cc1cc(Cl)ccc1OCn1ccc(C(=O)NC2CCN(C)CC2)n1. The highest BCUT2D eigenvalue weighted by atomic mass is 35.5. The van der Waals surface area contributed by atoms with Crippen LogP contribution in [-0.2, 0) is 6.73 Å². The van der Waals surface area contributed by atoms with Gasteiger partial charge >= 0.3 is 0 Å². The van der Waals surface area contributed by atoms with Gasteiger partial charge in [-0.15, -0.1) is 0 Å². The first kappa shape index (κ1) is 17.8. The Kier molecular flexibility index (Phi) is 5.60. The van der Waals surface area contributed by atoms with Crippen molar-refractivity contribution in [2.24, 2.45) is 0 Å². The zero-order valence-electron chi connectivity index (χ0n) is 14.5. The summed E-state index contributed by atoms with van der Waals surface area (Å²) in [5.41, 5.74) is 1.37. The average Bonchev–Trinajstić information content (AvgIpc) is 3.05. The minimum atomic E-state index is -0.129. The van der Waals surface area contributed by atoms with Crippen LogP contribution >= 0.6 is 11.6 Å². The number of aryl methyl sites for hydroxylation is 1. The molecule has 25 heavy (non-hydrogen) atoms. The average molecular weight is 363 g/mol. The molecule has 3 rings (SSSR count). The lowest BCUT2D eigenvalue weighted by Crippen LogP contribution is -2.43. The molecule has 6 nitrogen and oxygen atoms in total. The molecule has 1 aromatic heterocycles. The zero-order chi connectivity index (χ0) is 17.8. The smallest absolute Gasteiger partial charge is 0.271 e. The van der Waals surface area contributed by atoms with Crippen molar-refractivity contribution >= 4 is 17.5 Å². The maximum atomic E-state index is 12.3. The van der Waals surface area contributed by atoms with Gasteiger partial charge in [0.15, 0.2) is 6.73 Å². The van der Waals surface area contributed by atoms with Crippen LogP contribution in [0.5, 0.6) is 5.75 Å². The number of rotatable bonds is 5. The van der Waals surface area contributed by atoms with Gasteiger partial charge in [0.1, 0.15) is 11.4 Å². The van der Waals surface area contributed by atoms with Crippen LogP contribution in [0.1, 0.15) is 28.9 Å². The number of likely N-dealkylation sites (tertiary alicyclic amines) is 1. The predicted octanol–water partition coefficient (Wildman–Crippen LogP) is 2.71. The number of hydrogen-bond acceptors (Lipinski definition) is 4. The molecule has 7 heteroatoms. The minimum Gasteiger partial charge on any atom is -0.471 e. The van der Waals surface area contributed by atoms with E-state index < -0.39 is 0 Å². The third kappa shape index (κ3) is 4.74.